The fourth-order valence-electron chi connectivity index (χ4n) is 6.26. The highest BCUT2D eigenvalue weighted by atomic mass is 16.3. The van der Waals surface area contributed by atoms with Gasteiger partial charge in [0.1, 0.15) is 5.75 Å². The molecule has 5 nitrogen and oxygen atoms in total. The Bertz CT molecular complexity index is 994. The number of hydrogen-bond donors (Lipinski definition) is 3. The summed E-state index contributed by atoms with van der Waals surface area (Å²) in [5, 5.41) is 25.4. The van der Waals surface area contributed by atoms with E-state index >= 15 is 0 Å². The smallest absolute Gasteiger partial charge is 0.220 e. The Morgan fingerprint density at radius 1 is 1.11 bits per heavy atom. The second-order valence-electron chi connectivity index (χ2n) is 10.5. The van der Waals surface area contributed by atoms with Crippen LogP contribution in [-0.2, 0) is 16.6 Å². The normalized spacial score (nSPS) is 26.6. The first-order valence-electron chi connectivity index (χ1n) is 13.1. The van der Waals surface area contributed by atoms with Gasteiger partial charge in [0.05, 0.1) is 5.60 Å². The van der Waals surface area contributed by atoms with Crippen molar-refractivity contribution in [2.75, 3.05) is 19.6 Å². The predicted octanol–water partition coefficient (Wildman–Crippen LogP) is 4.72. The molecule has 2 aromatic rings. The molecule has 1 heterocycles. The van der Waals surface area contributed by atoms with Crippen LogP contribution in [0.3, 0.4) is 0 Å². The van der Waals surface area contributed by atoms with Crippen molar-refractivity contribution in [2.45, 2.75) is 74.8 Å². The van der Waals surface area contributed by atoms with Gasteiger partial charge >= 0.3 is 0 Å². The maximum Gasteiger partial charge on any atom is 0.220 e. The van der Waals surface area contributed by atoms with Crippen LogP contribution in [0.2, 0.25) is 0 Å². The minimum atomic E-state index is -0.902. The average Bonchev–Trinajstić information content (AvgIpc) is 2.85. The molecule has 1 aliphatic heterocycles. The summed E-state index contributed by atoms with van der Waals surface area (Å²) >= 11 is 0. The Morgan fingerprint density at radius 2 is 1.94 bits per heavy atom. The summed E-state index contributed by atoms with van der Waals surface area (Å²) in [5.41, 5.74) is 0.928. The fourth-order valence-corrected chi connectivity index (χ4v) is 6.26. The molecule has 2 aromatic carbocycles. The van der Waals surface area contributed by atoms with E-state index in [-0.39, 0.29) is 17.7 Å². The zero-order valence-electron chi connectivity index (χ0n) is 20.8. The molecule has 0 bridgehead atoms. The summed E-state index contributed by atoms with van der Waals surface area (Å²) in [6.07, 6.45) is 9.37. The molecule has 1 amide bonds. The van der Waals surface area contributed by atoms with Gasteiger partial charge < -0.3 is 15.5 Å². The molecule has 3 atom stereocenters. The highest BCUT2D eigenvalue weighted by molar-refractivity contribution is 5.76. The lowest BCUT2D eigenvalue weighted by Crippen LogP contribution is -2.67. The second-order valence-corrected chi connectivity index (χ2v) is 10.5. The number of nitrogens with zero attached hydrogens (tertiary/aromatic N) is 1. The molecule has 0 radical (unpaired) electrons. The number of carbonyl (C=O) groups excluding carboxylic acids is 1. The molecule has 35 heavy (non-hydrogen) atoms. The van der Waals surface area contributed by atoms with Crippen LogP contribution in [0.15, 0.2) is 67.3 Å². The average molecular weight is 477 g/mol. The second kappa shape index (κ2) is 11.4. The molecule has 1 saturated heterocycles. The van der Waals surface area contributed by atoms with E-state index in [1.807, 2.05) is 24.3 Å². The standard InChI is InChI=1S/C30H40N2O3/c1-2-19-32-20-18-29(25-13-9-14-27(33)21-25)22-26(16-17-30(29,35)23-32)31-28(34)15-8-4-7-12-24-10-5-3-6-11-24/h2-3,5-6,9-11,13-14,21,26,33,35H,1,4,7-8,12,15-20,22-23H2,(H,31,34). The Morgan fingerprint density at radius 3 is 2.71 bits per heavy atom. The van der Waals surface area contributed by atoms with Crippen molar-refractivity contribution >= 4 is 5.91 Å². The number of benzene rings is 2. The molecule has 0 aromatic heterocycles. The minimum Gasteiger partial charge on any atom is -0.508 e. The van der Waals surface area contributed by atoms with Gasteiger partial charge in [0.25, 0.3) is 0 Å². The van der Waals surface area contributed by atoms with Gasteiger partial charge in [-0.15, -0.1) is 6.58 Å². The number of nitrogens with one attached hydrogen (secondary N) is 1. The molecule has 4 rings (SSSR count). The van der Waals surface area contributed by atoms with Crippen molar-refractivity contribution in [2.24, 2.45) is 0 Å². The first-order chi connectivity index (χ1) is 16.9. The van der Waals surface area contributed by atoms with Crippen LogP contribution in [-0.4, -0.2) is 52.3 Å². The maximum atomic E-state index is 12.8. The highest BCUT2D eigenvalue weighted by Gasteiger charge is 2.57. The van der Waals surface area contributed by atoms with Gasteiger partial charge in [-0.25, -0.2) is 0 Å². The largest absolute Gasteiger partial charge is 0.508 e. The van der Waals surface area contributed by atoms with Crippen molar-refractivity contribution in [3.8, 4) is 5.75 Å². The molecular formula is C30H40N2O3. The number of aryl methyl sites for hydroxylation is 1. The number of hydrogen-bond acceptors (Lipinski definition) is 4. The number of unbranched alkanes of at least 4 members (excludes halogenated alkanes) is 2. The van der Waals surface area contributed by atoms with E-state index in [1.54, 1.807) is 12.1 Å². The maximum absolute atomic E-state index is 12.8. The number of fused-ring (bicyclic) bond motifs is 1. The van der Waals surface area contributed by atoms with Crippen LogP contribution in [0.5, 0.6) is 5.75 Å². The van der Waals surface area contributed by atoms with Gasteiger partial charge in [-0.05, 0) is 74.8 Å². The molecule has 1 aliphatic carbocycles. The summed E-state index contributed by atoms with van der Waals surface area (Å²) in [6, 6.07) is 17.9. The zero-order chi connectivity index (χ0) is 24.7. The van der Waals surface area contributed by atoms with Crippen LogP contribution in [0.4, 0.5) is 0 Å². The van der Waals surface area contributed by atoms with Gasteiger partial charge in [-0.1, -0.05) is 55.0 Å². The quantitative estimate of drug-likeness (QED) is 0.343. The third kappa shape index (κ3) is 5.96. The monoisotopic (exact) mass is 476 g/mol. The van der Waals surface area contributed by atoms with Crippen LogP contribution >= 0.6 is 0 Å². The summed E-state index contributed by atoms with van der Waals surface area (Å²) < 4.78 is 0. The third-order valence-corrected chi connectivity index (χ3v) is 8.10. The molecule has 3 N–H and O–H groups in total. The molecule has 5 heteroatoms. The van der Waals surface area contributed by atoms with E-state index in [0.717, 1.165) is 57.2 Å². The number of phenols is 1. The lowest BCUT2D eigenvalue weighted by atomic mass is 9.55. The Kier molecular flexibility index (Phi) is 8.30. The number of carbonyl (C=O) groups is 1. The number of amides is 1. The van der Waals surface area contributed by atoms with Crippen LogP contribution in [0.25, 0.3) is 0 Å². The zero-order valence-corrected chi connectivity index (χ0v) is 20.8. The molecule has 1 saturated carbocycles. The number of piperidine rings is 1. The van der Waals surface area contributed by atoms with E-state index in [2.05, 4.69) is 41.1 Å². The fraction of sp³-hybridized carbons (Fsp3) is 0.500. The molecule has 188 valence electrons. The lowest BCUT2D eigenvalue weighted by molar-refractivity contribution is -0.132. The molecule has 0 spiro atoms. The summed E-state index contributed by atoms with van der Waals surface area (Å²) in [6.45, 7) is 6.05. The van der Waals surface area contributed by atoms with E-state index < -0.39 is 11.0 Å². The van der Waals surface area contributed by atoms with Gasteiger partial charge in [0, 0.05) is 31.0 Å². The van der Waals surface area contributed by atoms with Crippen molar-refractivity contribution < 1.29 is 15.0 Å². The third-order valence-electron chi connectivity index (χ3n) is 8.10. The van der Waals surface area contributed by atoms with Crippen molar-refractivity contribution in [3.05, 3.63) is 78.4 Å². The first kappa shape index (κ1) is 25.5. The Balaban J connectivity index is 1.36. The summed E-state index contributed by atoms with van der Waals surface area (Å²) in [7, 11) is 0. The van der Waals surface area contributed by atoms with Gasteiger partial charge in [-0.3, -0.25) is 9.69 Å². The van der Waals surface area contributed by atoms with Crippen molar-refractivity contribution in [1.82, 2.24) is 10.2 Å². The van der Waals surface area contributed by atoms with E-state index in [9.17, 15) is 15.0 Å². The Hall–Kier alpha value is -2.63. The minimum absolute atomic E-state index is 0.0281. The number of aliphatic hydroxyl groups is 1. The summed E-state index contributed by atoms with van der Waals surface area (Å²) in [4.78, 5) is 15.0. The van der Waals surface area contributed by atoms with E-state index in [4.69, 9.17) is 0 Å². The van der Waals surface area contributed by atoms with Gasteiger partial charge in [0.15, 0.2) is 0 Å². The van der Waals surface area contributed by atoms with Crippen molar-refractivity contribution in [3.63, 3.8) is 0 Å². The van der Waals surface area contributed by atoms with Gasteiger partial charge in [-0.2, -0.15) is 0 Å². The first-order valence-corrected chi connectivity index (χ1v) is 13.1. The molecule has 2 fully saturated rings. The van der Waals surface area contributed by atoms with Crippen LogP contribution in [0, 0.1) is 0 Å². The lowest BCUT2D eigenvalue weighted by Gasteiger charge is -2.58. The number of aromatic hydroxyl groups is 1. The molecule has 3 unspecified atom stereocenters. The number of phenolic OH excluding ortho intramolecular Hbond substituents is 1. The van der Waals surface area contributed by atoms with Crippen molar-refractivity contribution in [1.29, 1.82) is 0 Å². The number of rotatable bonds is 10. The predicted molar refractivity (Wildman–Crippen MR) is 140 cm³/mol. The van der Waals surface area contributed by atoms with Gasteiger partial charge in [0.2, 0.25) is 5.91 Å². The van der Waals surface area contributed by atoms with E-state index in [1.165, 1.54) is 5.56 Å². The molecular weight excluding hydrogens is 436 g/mol. The summed E-state index contributed by atoms with van der Waals surface area (Å²) in [5.74, 6) is 0.324. The SMILES string of the molecule is C=CCN1CCC2(c3cccc(O)c3)CC(NC(=O)CCCCCc3ccccc3)CCC2(O)C1. The van der Waals surface area contributed by atoms with E-state index in [0.29, 0.717) is 25.8 Å². The number of β-amino-alcohol motifs (C(OH)–C–C–N with tert-alkyl or cyclic N) is 1. The van der Waals surface area contributed by atoms with Crippen LogP contribution < -0.4 is 5.32 Å². The molecule has 2 aliphatic rings. The highest BCUT2D eigenvalue weighted by Crippen LogP contribution is 2.52. The van der Waals surface area contributed by atoms with Crippen LogP contribution in [0.1, 0.15) is 62.5 Å². The Labute approximate surface area is 209 Å². The topological polar surface area (TPSA) is 72.8 Å². The number of likely N-dealkylation sites (tertiary alicyclic amines) is 1.